The highest BCUT2D eigenvalue weighted by Gasteiger charge is 2.16. The summed E-state index contributed by atoms with van der Waals surface area (Å²) in [6.45, 7) is 3.28. The van der Waals surface area contributed by atoms with Gasteiger partial charge in [0.25, 0.3) is 5.91 Å². The average Bonchev–Trinajstić information content (AvgIpc) is 2.72. The number of benzene rings is 1. The summed E-state index contributed by atoms with van der Waals surface area (Å²) in [7, 11) is 1.73. The standard InChI is InChI=1S/C20H21N3O3/c1-3-12-26-18-7-4-16(5-8-18)20(24)22(2)17-6-9-19(21-15-17)23-10-13-25-14-11-23/h1,4-9,15H,10-14H2,2H3. The quantitative estimate of drug-likeness (QED) is 0.773. The zero-order valence-electron chi connectivity index (χ0n) is 14.7. The van der Waals surface area contributed by atoms with E-state index in [-0.39, 0.29) is 12.5 Å². The predicted molar refractivity (Wildman–Crippen MR) is 101 cm³/mol. The van der Waals surface area contributed by atoms with E-state index in [0.717, 1.165) is 24.6 Å². The first-order valence-electron chi connectivity index (χ1n) is 8.42. The van der Waals surface area contributed by atoms with Crippen molar-refractivity contribution in [3.63, 3.8) is 0 Å². The second kappa shape index (κ2) is 8.37. The molecule has 0 radical (unpaired) electrons. The third kappa shape index (κ3) is 4.13. The highest BCUT2D eigenvalue weighted by molar-refractivity contribution is 6.05. The van der Waals surface area contributed by atoms with E-state index in [0.29, 0.717) is 24.5 Å². The number of amides is 1. The van der Waals surface area contributed by atoms with Crippen molar-refractivity contribution in [2.75, 3.05) is 49.8 Å². The van der Waals surface area contributed by atoms with Crippen LogP contribution in [-0.2, 0) is 4.74 Å². The largest absolute Gasteiger partial charge is 0.481 e. The number of ether oxygens (including phenoxy) is 2. The van der Waals surface area contributed by atoms with Crippen molar-refractivity contribution in [1.29, 1.82) is 0 Å². The van der Waals surface area contributed by atoms with Gasteiger partial charge in [-0.25, -0.2) is 4.98 Å². The van der Waals surface area contributed by atoms with E-state index in [9.17, 15) is 4.79 Å². The molecule has 2 heterocycles. The summed E-state index contributed by atoms with van der Waals surface area (Å²) in [5.74, 6) is 3.82. The van der Waals surface area contributed by atoms with Gasteiger partial charge in [-0.1, -0.05) is 5.92 Å². The molecule has 0 aliphatic carbocycles. The van der Waals surface area contributed by atoms with Gasteiger partial charge in [-0.15, -0.1) is 6.42 Å². The number of terminal acetylenes is 1. The van der Waals surface area contributed by atoms with E-state index in [4.69, 9.17) is 15.9 Å². The van der Waals surface area contributed by atoms with Gasteiger partial charge in [0, 0.05) is 25.7 Å². The number of carbonyl (C=O) groups is 1. The SMILES string of the molecule is C#CCOc1ccc(C(=O)N(C)c2ccc(N3CCOCC3)nc2)cc1. The highest BCUT2D eigenvalue weighted by atomic mass is 16.5. The fraction of sp³-hybridized carbons (Fsp3) is 0.300. The molecule has 1 aromatic heterocycles. The maximum atomic E-state index is 12.7. The molecule has 6 heteroatoms. The third-order valence-corrected chi connectivity index (χ3v) is 4.18. The van der Waals surface area contributed by atoms with Crippen LogP contribution in [0.2, 0.25) is 0 Å². The van der Waals surface area contributed by atoms with Gasteiger partial charge in [0.15, 0.2) is 0 Å². The fourth-order valence-corrected chi connectivity index (χ4v) is 2.69. The highest BCUT2D eigenvalue weighted by Crippen LogP contribution is 2.20. The number of anilines is 2. The molecule has 134 valence electrons. The molecule has 0 atom stereocenters. The van der Waals surface area contributed by atoms with Gasteiger partial charge in [0.1, 0.15) is 18.2 Å². The lowest BCUT2D eigenvalue weighted by Crippen LogP contribution is -2.36. The summed E-state index contributed by atoms with van der Waals surface area (Å²) < 4.78 is 10.7. The van der Waals surface area contributed by atoms with Crippen molar-refractivity contribution < 1.29 is 14.3 Å². The van der Waals surface area contributed by atoms with Crippen molar-refractivity contribution in [3.05, 3.63) is 48.2 Å². The maximum Gasteiger partial charge on any atom is 0.258 e. The molecule has 1 aliphatic rings. The number of pyridine rings is 1. The molecule has 2 aromatic rings. The lowest BCUT2D eigenvalue weighted by molar-refractivity contribution is 0.0993. The van der Waals surface area contributed by atoms with Crippen molar-refractivity contribution in [1.82, 2.24) is 4.98 Å². The minimum Gasteiger partial charge on any atom is -0.481 e. The van der Waals surface area contributed by atoms with Gasteiger partial charge in [-0.05, 0) is 36.4 Å². The van der Waals surface area contributed by atoms with E-state index in [2.05, 4.69) is 15.8 Å². The van der Waals surface area contributed by atoms with E-state index in [1.807, 2.05) is 12.1 Å². The lowest BCUT2D eigenvalue weighted by atomic mass is 10.2. The maximum absolute atomic E-state index is 12.7. The Morgan fingerprint density at radius 1 is 1.27 bits per heavy atom. The summed E-state index contributed by atoms with van der Waals surface area (Å²) in [5, 5.41) is 0. The Balaban J connectivity index is 1.67. The fourth-order valence-electron chi connectivity index (χ4n) is 2.69. The van der Waals surface area contributed by atoms with Crippen molar-refractivity contribution in [2.45, 2.75) is 0 Å². The van der Waals surface area contributed by atoms with Crippen LogP contribution in [0.1, 0.15) is 10.4 Å². The Morgan fingerprint density at radius 3 is 2.62 bits per heavy atom. The number of nitrogens with zero attached hydrogens (tertiary/aromatic N) is 3. The molecule has 3 rings (SSSR count). The second-order valence-corrected chi connectivity index (χ2v) is 5.86. The van der Waals surface area contributed by atoms with Crippen LogP contribution in [0, 0.1) is 12.3 Å². The van der Waals surface area contributed by atoms with Gasteiger partial charge in [-0.3, -0.25) is 4.79 Å². The Hall–Kier alpha value is -3.04. The Kier molecular flexibility index (Phi) is 5.72. The number of morpholine rings is 1. The van der Waals surface area contributed by atoms with Crippen LogP contribution in [0.4, 0.5) is 11.5 Å². The smallest absolute Gasteiger partial charge is 0.258 e. The lowest BCUT2D eigenvalue weighted by Gasteiger charge is -2.28. The van der Waals surface area contributed by atoms with Gasteiger partial charge in [0.05, 0.1) is 25.1 Å². The van der Waals surface area contributed by atoms with E-state index in [1.165, 1.54) is 0 Å². The number of carbonyl (C=O) groups excluding carboxylic acids is 1. The normalized spacial score (nSPS) is 13.8. The second-order valence-electron chi connectivity index (χ2n) is 5.86. The zero-order chi connectivity index (χ0) is 18.4. The zero-order valence-corrected chi connectivity index (χ0v) is 14.7. The molecule has 0 bridgehead atoms. The van der Waals surface area contributed by atoms with Crippen LogP contribution in [0.5, 0.6) is 5.75 Å². The molecule has 0 N–H and O–H groups in total. The van der Waals surface area contributed by atoms with Gasteiger partial charge < -0.3 is 19.3 Å². The Morgan fingerprint density at radius 2 is 2.00 bits per heavy atom. The van der Waals surface area contributed by atoms with Gasteiger partial charge in [-0.2, -0.15) is 0 Å². The molecule has 26 heavy (non-hydrogen) atoms. The first-order chi connectivity index (χ1) is 12.7. The first kappa shape index (κ1) is 17.8. The molecular formula is C20H21N3O3. The summed E-state index contributed by atoms with van der Waals surface area (Å²) in [5.41, 5.74) is 1.30. The summed E-state index contributed by atoms with van der Waals surface area (Å²) >= 11 is 0. The molecule has 0 saturated carbocycles. The molecule has 0 unspecified atom stereocenters. The van der Waals surface area contributed by atoms with Gasteiger partial charge >= 0.3 is 0 Å². The molecule has 6 nitrogen and oxygen atoms in total. The Labute approximate surface area is 153 Å². The molecule has 1 aromatic carbocycles. The van der Waals surface area contributed by atoms with Crippen molar-refractivity contribution >= 4 is 17.4 Å². The monoisotopic (exact) mass is 351 g/mol. The summed E-state index contributed by atoms with van der Waals surface area (Å²) in [6, 6.07) is 10.7. The minimum atomic E-state index is -0.116. The number of rotatable bonds is 5. The minimum absolute atomic E-state index is 0.116. The van der Waals surface area contributed by atoms with Crippen LogP contribution in [0.15, 0.2) is 42.6 Å². The molecule has 1 fully saturated rings. The first-order valence-corrected chi connectivity index (χ1v) is 8.42. The van der Waals surface area contributed by atoms with Crippen LogP contribution in [0.25, 0.3) is 0 Å². The molecular weight excluding hydrogens is 330 g/mol. The summed E-state index contributed by atoms with van der Waals surface area (Å²) in [4.78, 5) is 20.9. The van der Waals surface area contributed by atoms with Crippen LogP contribution in [-0.4, -0.2) is 50.8 Å². The topological polar surface area (TPSA) is 54.9 Å². The average molecular weight is 351 g/mol. The number of aromatic nitrogens is 1. The summed E-state index contributed by atoms with van der Waals surface area (Å²) in [6.07, 6.45) is 6.88. The van der Waals surface area contributed by atoms with E-state index in [1.54, 1.807) is 42.4 Å². The molecule has 0 spiro atoms. The molecule has 1 saturated heterocycles. The van der Waals surface area contributed by atoms with Crippen LogP contribution >= 0.6 is 0 Å². The molecule has 1 aliphatic heterocycles. The number of hydrogen-bond acceptors (Lipinski definition) is 5. The Bertz CT molecular complexity index is 775. The predicted octanol–water partition coefficient (Wildman–Crippen LogP) is 2.21. The van der Waals surface area contributed by atoms with Crippen LogP contribution < -0.4 is 14.5 Å². The van der Waals surface area contributed by atoms with Crippen molar-refractivity contribution in [2.24, 2.45) is 0 Å². The number of hydrogen-bond donors (Lipinski definition) is 0. The van der Waals surface area contributed by atoms with Gasteiger partial charge in [0.2, 0.25) is 0 Å². The third-order valence-electron chi connectivity index (χ3n) is 4.18. The van der Waals surface area contributed by atoms with E-state index >= 15 is 0 Å². The van der Waals surface area contributed by atoms with Crippen LogP contribution in [0.3, 0.4) is 0 Å². The van der Waals surface area contributed by atoms with E-state index < -0.39 is 0 Å². The van der Waals surface area contributed by atoms with Crippen molar-refractivity contribution in [3.8, 4) is 18.1 Å². The molecule has 1 amide bonds.